The summed E-state index contributed by atoms with van der Waals surface area (Å²) in [5, 5.41) is 11.8. The normalized spacial score (nSPS) is 18.3. The van der Waals surface area contributed by atoms with Crippen LogP contribution in [-0.4, -0.2) is 37.2 Å². The Bertz CT molecular complexity index is 259. The zero-order valence-electron chi connectivity index (χ0n) is 9.62. The number of carboxylic acid groups (broad SMARTS) is 1. The summed E-state index contributed by atoms with van der Waals surface area (Å²) in [6.07, 6.45) is 3.11. The first-order valence-corrected chi connectivity index (χ1v) is 5.60. The van der Waals surface area contributed by atoms with E-state index in [0.29, 0.717) is 26.0 Å². The molecule has 16 heavy (non-hydrogen) atoms. The smallest absolute Gasteiger partial charge is 0.310 e. The molecular formula is C11H19NO4. The van der Waals surface area contributed by atoms with Gasteiger partial charge in [0.1, 0.15) is 0 Å². The molecular weight excluding hydrogens is 210 g/mol. The molecule has 0 spiro atoms. The van der Waals surface area contributed by atoms with Gasteiger partial charge in [-0.25, -0.2) is 0 Å². The van der Waals surface area contributed by atoms with Gasteiger partial charge in [0, 0.05) is 20.1 Å². The van der Waals surface area contributed by atoms with Gasteiger partial charge in [0.15, 0.2) is 0 Å². The maximum absolute atomic E-state index is 11.6. The first kappa shape index (κ1) is 13.0. The Balaban J connectivity index is 2.43. The summed E-state index contributed by atoms with van der Waals surface area (Å²) in [6.45, 7) is 0.886. The monoisotopic (exact) mass is 229 g/mol. The van der Waals surface area contributed by atoms with E-state index in [-0.39, 0.29) is 12.3 Å². The number of aliphatic carboxylic acids is 1. The van der Waals surface area contributed by atoms with Gasteiger partial charge in [-0.1, -0.05) is 12.8 Å². The molecule has 0 unspecified atom stereocenters. The standard InChI is InChI=1S/C11H19NO4/c1-16-7-6-12-9(13)8-11(10(14)15)4-2-3-5-11/h2-8H2,1H3,(H,12,13)(H,14,15). The lowest BCUT2D eigenvalue weighted by Gasteiger charge is -2.22. The fourth-order valence-corrected chi connectivity index (χ4v) is 2.18. The molecule has 0 atom stereocenters. The van der Waals surface area contributed by atoms with Crippen molar-refractivity contribution in [3.8, 4) is 0 Å². The van der Waals surface area contributed by atoms with Crippen LogP contribution in [0.3, 0.4) is 0 Å². The summed E-state index contributed by atoms with van der Waals surface area (Å²) < 4.78 is 4.80. The van der Waals surface area contributed by atoms with Crippen molar-refractivity contribution in [3.63, 3.8) is 0 Å². The van der Waals surface area contributed by atoms with Crippen LogP contribution in [-0.2, 0) is 14.3 Å². The van der Waals surface area contributed by atoms with Crippen molar-refractivity contribution in [2.24, 2.45) is 5.41 Å². The quantitative estimate of drug-likeness (QED) is 0.660. The van der Waals surface area contributed by atoms with Crippen molar-refractivity contribution in [3.05, 3.63) is 0 Å². The summed E-state index contributed by atoms with van der Waals surface area (Å²) in [6, 6.07) is 0. The Morgan fingerprint density at radius 3 is 2.50 bits per heavy atom. The molecule has 1 aliphatic carbocycles. The summed E-state index contributed by atoms with van der Waals surface area (Å²) in [4.78, 5) is 22.7. The minimum atomic E-state index is -0.841. The van der Waals surface area contributed by atoms with Crippen molar-refractivity contribution in [2.45, 2.75) is 32.1 Å². The lowest BCUT2D eigenvalue weighted by Crippen LogP contribution is -2.36. The molecule has 0 saturated heterocycles. The molecule has 92 valence electrons. The molecule has 1 amide bonds. The molecule has 2 N–H and O–H groups in total. The van der Waals surface area contributed by atoms with E-state index in [1.54, 1.807) is 7.11 Å². The molecule has 0 aromatic rings. The van der Waals surface area contributed by atoms with Gasteiger partial charge >= 0.3 is 5.97 Å². The van der Waals surface area contributed by atoms with Crippen LogP contribution in [0.25, 0.3) is 0 Å². The van der Waals surface area contributed by atoms with Gasteiger partial charge in [0.25, 0.3) is 0 Å². The first-order chi connectivity index (χ1) is 7.60. The second-order valence-electron chi connectivity index (χ2n) is 4.31. The van der Waals surface area contributed by atoms with E-state index in [2.05, 4.69) is 5.32 Å². The fourth-order valence-electron chi connectivity index (χ4n) is 2.18. The summed E-state index contributed by atoms with van der Waals surface area (Å²) in [7, 11) is 1.56. The summed E-state index contributed by atoms with van der Waals surface area (Å²) in [5.41, 5.74) is -0.822. The predicted molar refractivity (Wildman–Crippen MR) is 58.0 cm³/mol. The van der Waals surface area contributed by atoms with Crippen LogP contribution in [0, 0.1) is 5.41 Å². The predicted octanol–water partition coefficient (Wildman–Crippen LogP) is 0.784. The first-order valence-electron chi connectivity index (χ1n) is 5.60. The molecule has 0 bridgehead atoms. The number of carboxylic acids is 1. The van der Waals surface area contributed by atoms with Gasteiger partial charge in [-0.2, -0.15) is 0 Å². The summed E-state index contributed by atoms with van der Waals surface area (Å²) >= 11 is 0. The van der Waals surface area contributed by atoms with Crippen LogP contribution < -0.4 is 5.32 Å². The molecule has 0 heterocycles. The lowest BCUT2D eigenvalue weighted by molar-refractivity contribution is -0.151. The van der Waals surface area contributed by atoms with Gasteiger partial charge in [-0.3, -0.25) is 9.59 Å². The van der Waals surface area contributed by atoms with Crippen molar-refractivity contribution in [2.75, 3.05) is 20.3 Å². The van der Waals surface area contributed by atoms with Crippen LogP contribution in [0.15, 0.2) is 0 Å². The third kappa shape index (κ3) is 3.20. The van der Waals surface area contributed by atoms with E-state index in [1.807, 2.05) is 0 Å². The number of rotatable bonds is 6. The van der Waals surface area contributed by atoms with Crippen molar-refractivity contribution < 1.29 is 19.4 Å². The molecule has 0 aromatic carbocycles. The minimum absolute atomic E-state index is 0.0893. The Morgan fingerprint density at radius 1 is 1.38 bits per heavy atom. The van der Waals surface area contributed by atoms with Crippen LogP contribution in [0.2, 0.25) is 0 Å². The number of hydrogen-bond donors (Lipinski definition) is 2. The minimum Gasteiger partial charge on any atom is -0.481 e. The largest absolute Gasteiger partial charge is 0.481 e. The fraction of sp³-hybridized carbons (Fsp3) is 0.818. The average molecular weight is 229 g/mol. The van der Waals surface area contributed by atoms with Crippen LogP contribution >= 0.6 is 0 Å². The highest BCUT2D eigenvalue weighted by Crippen LogP contribution is 2.41. The number of amides is 1. The van der Waals surface area contributed by atoms with E-state index < -0.39 is 11.4 Å². The van der Waals surface area contributed by atoms with E-state index in [4.69, 9.17) is 4.74 Å². The highest BCUT2D eigenvalue weighted by molar-refractivity contribution is 5.85. The zero-order chi connectivity index (χ0) is 12.0. The molecule has 0 radical (unpaired) electrons. The Kier molecular flexibility index (Phi) is 4.73. The second-order valence-corrected chi connectivity index (χ2v) is 4.31. The highest BCUT2D eigenvalue weighted by atomic mass is 16.5. The van der Waals surface area contributed by atoms with Gasteiger partial charge in [-0.15, -0.1) is 0 Å². The second kappa shape index (κ2) is 5.84. The number of nitrogens with one attached hydrogen (secondary N) is 1. The molecule has 5 heteroatoms. The van der Waals surface area contributed by atoms with Gasteiger partial charge in [-0.05, 0) is 12.8 Å². The van der Waals surface area contributed by atoms with Gasteiger partial charge in [0.05, 0.1) is 12.0 Å². The van der Waals surface area contributed by atoms with Crippen LogP contribution in [0.1, 0.15) is 32.1 Å². The maximum atomic E-state index is 11.6. The zero-order valence-corrected chi connectivity index (χ0v) is 9.62. The van der Waals surface area contributed by atoms with E-state index in [9.17, 15) is 14.7 Å². The number of carbonyl (C=O) groups excluding carboxylic acids is 1. The lowest BCUT2D eigenvalue weighted by atomic mass is 9.82. The Labute approximate surface area is 95.2 Å². The number of methoxy groups -OCH3 is 1. The summed E-state index contributed by atoms with van der Waals surface area (Å²) in [5.74, 6) is -1.03. The van der Waals surface area contributed by atoms with Crippen molar-refractivity contribution in [1.29, 1.82) is 0 Å². The van der Waals surface area contributed by atoms with Crippen molar-refractivity contribution in [1.82, 2.24) is 5.32 Å². The Hall–Kier alpha value is -1.10. The van der Waals surface area contributed by atoms with Gasteiger partial charge < -0.3 is 15.2 Å². The van der Waals surface area contributed by atoms with Crippen LogP contribution in [0.4, 0.5) is 0 Å². The average Bonchev–Trinajstić information content (AvgIpc) is 2.68. The third-order valence-corrected chi connectivity index (χ3v) is 3.14. The number of ether oxygens (including phenoxy) is 1. The van der Waals surface area contributed by atoms with Gasteiger partial charge in [0.2, 0.25) is 5.91 Å². The Morgan fingerprint density at radius 2 is 2.00 bits per heavy atom. The molecule has 1 saturated carbocycles. The maximum Gasteiger partial charge on any atom is 0.310 e. The molecule has 1 aliphatic rings. The molecule has 5 nitrogen and oxygen atoms in total. The molecule has 1 rings (SSSR count). The third-order valence-electron chi connectivity index (χ3n) is 3.14. The number of hydrogen-bond acceptors (Lipinski definition) is 3. The van der Waals surface area contributed by atoms with E-state index >= 15 is 0 Å². The molecule has 1 fully saturated rings. The number of carbonyl (C=O) groups is 2. The van der Waals surface area contributed by atoms with Crippen LogP contribution in [0.5, 0.6) is 0 Å². The van der Waals surface area contributed by atoms with E-state index in [0.717, 1.165) is 12.8 Å². The molecule has 0 aromatic heterocycles. The highest BCUT2D eigenvalue weighted by Gasteiger charge is 2.42. The topological polar surface area (TPSA) is 75.6 Å². The van der Waals surface area contributed by atoms with Crippen molar-refractivity contribution >= 4 is 11.9 Å². The molecule has 0 aliphatic heterocycles. The van der Waals surface area contributed by atoms with E-state index in [1.165, 1.54) is 0 Å². The SMILES string of the molecule is COCCNC(=O)CC1(C(=O)O)CCCC1.